The smallest absolute Gasteiger partial charge is 0.175 e. The molecule has 0 aliphatic carbocycles. The number of rotatable bonds is 4. The van der Waals surface area contributed by atoms with Crippen molar-refractivity contribution in [3.63, 3.8) is 0 Å². The number of para-hydroxylation sites is 1. The summed E-state index contributed by atoms with van der Waals surface area (Å²) >= 11 is 11.3. The second-order valence-corrected chi connectivity index (χ2v) is 4.94. The first-order valence-electron chi connectivity index (χ1n) is 6.18. The van der Waals surface area contributed by atoms with Gasteiger partial charge in [0.25, 0.3) is 0 Å². The van der Waals surface area contributed by atoms with E-state index in [4.69, 9.17) is 33.3 Å². The van der Waals surface area contributed by atoms with Gasteiger partial charge in [-0.2, -0.15) is 0 Å². The topological polar surface area (TPSA) is 42.5 Å². The fourth-order valence-electron chi connectivity index (χ4n) is 1.76. The lowest BCUT2D eigenvalue weighted by atomic mass is 10.2. The van der Waals surface area contributed by atoms with Crippen molar-refractivity contribution in [2.75, 3.05) is 24.9 Å². The minimum atomic E-state index is 0.440. The van der Waals surface area contributed by atoms with Gasteiger partial charge in [-0.05, 0) is 36.5 Å². The largest absolute Gasteiger partial charge is 0.493 e. The Morgan fingerprint density at radius 3 is 2.38 bits per heavy atom. The summed E-state index contributed by atoms with van der Waals surface area (Å²) in [5, 5.41) is 7.16. The van der Waals surface area contributed by atoms with E-state index >= 15 is 0 Å². The summed E-state index contributed by atoms with van der Waals surface area (Å²) in [6, 6.07) is 12.8. The van der Waals surface area contributed by atoms with E-state index in [0.29, 0.717) is 21.6 Å². The molecule has 0 saturated carbocycles. The highest BCUT2D eigenvalue weighted by atomic mass is 35.5. The molecule has 0 atom stereocenters. The Kier molecular flexibility index (Phi) is 5.25. The molecule has 2 aromatic rings. The monoisotopic (exact) mass is 322 g/mol. The lowest BCUT2D eigenvalue weighted by Crippen LogP contribution is -2.19. The van der Waals surface area contributed by atoms with Gasteiger partial charge in [0.2, 0.25) is 0 Å². The van der Waals surface area contributed by atoms with Crippen LogP contribution >= 0.6 is 23.8 Å². The molecule has 0 amide bonds. The number of nitrogens with one attached hydrogen (secondary N) is 2. The molecule has 21 heavy (non-hydrogen) atoms. The van der Waals surface area contributed by atoms with Crippen molar-refractivity contribution in [1.82, 2.24) is 0 Å². The Bertz CT molecular complexity index is 649. The van der Waals surface area contributed by atoms with Gasteiger partial charge in [-0.15, -0.1) is 0 Å². The van der Waals surface area contributed by atoms with Crippen molar-refractivity contribution in [3.8, 4) is 11.5 Å². The lowest BCUT2D eigenvalue weighted by Gasteiger charge is -2.13. The summed E-state index contributed by atoms with van der Waals surface area (Å²) in [4.78, 5) is 0. The van der Waals surface area contributed by atoms with Crippen molar-refractivity contribution in [2.45, 2.75) is 0 Å². The number of halogens is 1. The van der Waals surface area contributed by atoms with Gasteiger partial charge in [-0.25, -0.2) is 0 Å². The van der Waals surface area contributed by atoms with Gasteiger partial charge in [0.15, 0.2) is 16.6 Å². The van der Waals surface area contributed by atoms with Crippen LogP contribution in [0.5, 0.6) is 11.5 Å². The fourth-order valence-corrected chi connectivity index (χ4v) is 2.17. The molecule has 0 heterocycles. The van der Waals surface area contributed by atoms with Crippen LogP contribution in [0.15, 0.2) is 42.5 Å². The zero-order valence-corrected chi connectivity index (χ0v) is 13.2. The first-order valence-corrected chi connectivity index (χ1v) is 6.97. The Hall–Kier alpha value is -1.98. The molecule has 0 aromatic heterocycles. The molecule has 0 radical (unpaired) electrons. The number of ether oxygens (including phenoxy) is 2. The summed E-state index contributed by atoms with van der Waals surface area (Å²) in [5.74, 6) is 1.29. The van der Waals surface area contributed by atoms with E-state index in [9.17, 15) is 0 Å². The normalized spacial score (nSPS) is 9.86. The van der Waals surface area contributed by atoms with E-state index < -0.39 is 0 Å². The van der Waals surface area contributed by atoms with Gasteiger partial charge < -0.3 is 20.1 Å². The molecular formula is C15H15ClN2O2S. The van der Waals surface area contributed by atoms with Gasteiger partial charge in [0, 0.05) is 11.8 Å². The molecule has 0 aliphatic heterocycles. The average molecular weight is 323 g/mol. The molecule has 2 aromatic carbocycles. The zero-order valence-electron chi connectivity index (χ0n) is 11.6. The number of thiocarbonyl (C=S) groups is 1. The van der Waals surface area contributed by atoms with Crippen molar-refractivity contribution in [2.24, 2.45) is 0 Å². The molecule has 6 heteroatoms. The molecule has 110 valence electrons. The molecule has 0 bridgehead atoms. The Morgan fingerprint density at radius 1 is 1.00 bits per heavy atom. The fraction of sp³-hybridized carbons (Fsp3) is 0.133. The third-order valence-corrected chi connectivity index (χ3v) is 3.30. The van der Waals surface area contributed by atoms with Crippen molar-refractivity contribution in [1.29, 1.82) is 0 Å². The number of hydrogen-bond acceptors (Lipinski definition) is 3. The summed E-state index contributed by atoms with van der Waals surface area (Å²) in [5.41, 5.74) is 1.54. The summed E-state index contributed by atoms with van der Waals surface area (Å²) in [7, 11) is 3.18. The van der Waals surface area contributed by atoms with Gasteiger partial charge in [-0.3, -0.25) is 0 Å². The van der Waals surface area contributed by atoms with Crippen molar-refractivity contribution in [3.05, 3.63) is 47.5 Å². The van der Waals surface area contributed by atoms with E-state index in [1.807, 2.05) is 24.3 Å². The lowest BCUT2D eigenvalue weighted by molar-refractivity contribution is 0.355. The molecule has 0 saturated heterocycles. The molecule has 0 spiro atoms. The standard InChI is InChI=1S/C15H15ClN2O2S/c1-19-13-8-7-10(9-14(13)20-2)17-15(21)18-12-6-4-3-5-11(12)16/h3-9H,1-2H3,(H2,17,18,21). The Morgan fingerprint density at radius 2 is 1.71 bits per heavy atom. The molecule has 2 rings (SSSR count). The van der Waals surface area contributed by atoms with Crippen LogP contribution in [-0.2, 0) is 0 Å². The van der Waals surface area contributed by atoms with E-state index in [0.717, 1.165) is 11.4 Å². The highest BCUT2D eigenvalue weighted by Gasteiger charge is 2.06. The predicted molar refractivity (Wildman–Crippen MR) is 90.8 cm³/mol. The quantitative estimate of drug-likeness (QED) is 0.827. The first-order chi connectivity index (χ1) is 10.1. The van der Waals surface area contributed by atoms with Crippen molar-refractivity contribution >= 4 is 40.3 Å². The van der Waals surface area contributed by atoms with E-state index in [1.54, 1.807) is 32.4 Å². The molecular weight excluding hydrogens is 308 g/mol. The molecule has 0 fully saturated rings. The van der Waals surface area contributed by atoms with Crippen LogP contribution in [0.2, 0.25) is 5.02 Å². The first kappa shape index (κ1) is 15.4. The van der Waals surface area contributed by atoms with Crippen LogP contribution in [-0.4, -0.2) is 19.3 Å². The van der Waals surface area contributed by atoms with Gasteiger partial charge in [-0.1, -0.05) is 23.7 Å². The van der Waals surface area contributed by atoms with Crippen LogP contribution in [0.25, 0.3) is 0 Å². The van der Waals surface area contributed by atoms with E-state index in [1.165, 1.54) is 0 Å². The van der Waals surface area contributed by atoms with Gasteiger partial charge in [0.1, 0.15) is 0 Å². The van der Waals surface area contributed by atoms with Crippen LogP contribution in [0.4, 0.5) is 11.4 Å². The maximum absolute atomic E-state index is 6.07. The number of methoxy groups -OCH3 is 2. The van der Waals surface area contributed by atoms with E-state index in [-0.39, 0.29) is 0 Å². The maximum Gasteiger partial charge on any atom is 0.175 e. The van der Waals surface area contributed by atoms with E-state index in [2.05, 4.69) is 10.6 Å². The number of anilines is 2. The minimum absolute atomic E-state index is 0.440. The Labute approximate surface area is 134 Å². The van der Waals surface area contributed by atoms with Gasteiger partial charge in [0.05, 0.1) is 24.9 Å². The van der Waals surface area contributed by atoms with Crippen molar-refractivity contribution < 1.29 is 9.47 Å². The number of hydrogen-bond donors (Lipinski definition) is 2. The van der Waals surface area contributed by atoms with Crippen LogP contribution in [0.3, 0.4) is 0 Å². The average Bonchev–Trinajstić information content (AvgIpc) is 2.49. The molecule has 0 aliphatic rings. The zero-order chi connectivity index (χ0) is 15.2. The third kappa shape index (κ3) is 4.00. The summed E-state index contributed by atoms with van der Waals surface area (Å²) < 4.78 is 10.4. The van der Waals surface area contributed by atoms with Crippen LogP contribution in [0.1, 0.15) is 0 Å². The number of benzene rings is 2. The molecule has 4 nitrogen and oxygen atoms in total. The second-order valence-electron chi connectivity index (χ2n) is 4.13. The van der Waals surface area contributed by atoms with Crippen LogP contribution in [0, 0.1) is 0 Å². The Balaban J connectivity index is 2.08. The second kappa shape index (κ2) is 7.15. The van der Waals surface area contributed by atoms with Gasteiger partial charge >= 0.3 is 0 Å². The third-order valence-electron chi connectivity index (χ3n) is 2.76. The summed E-state index contributed by atoms with van der Waals surface area (Å²) in [6.45, 7) is 0. The SMILES string of the molecule is COc1ccc(NC(=S)Nc2ccccc2Cl)cc1OC. The molecule has 0 unspecified atom stereocenters. The maximum atomic E-state index is 6.07. The minimum Gasteiger partial charge on any atom is -0.493 e. The van der Waals surface area contributed by atoms with Crippen LogP contribution < -0.4 is 20.1 Å². The predicted octanol–water partition coefficient (Wildman–Crippen LogP) is 4.17. The highest BCUT2D eigenvalue weighted by Crippen LogP contribution is 2.30. The highest BCUT2D eigenvalue weighted by molar-refractivity contribution is 7.80. The summed E-state index contributed by atoms with van der Waals surface area (Å²) in [6.07, 6.45) is 0. The molecule has 2 N–H and O–H groups in total.